The monoisotopic (exact) mass is 427 g/mol. The first-order chi connectivity index (χ1) is 13.2. The largest absolute Gasteiger partial charge is 0.462 e. The molecule has 5 nitrogen and oxygen atoms in total. The van der Waals surface area contributed by atoms with Crippen LogP contribution in [0.1, 0.15) is 34.0 Å². The molecule has 0 fully saturated rings. The lowest BCUT2D eigenvalue weighted by molar-refractivity contribution is 0.0525. The second-order valence-electron chi connectivity index (χ2n) is 5.98. The zero-order chi connectivity index (χ0) is 19.1. The fourth-order valence-corrected chi connectivity index (χ4v) is 3.27. The molecule has 2 aromatic carbocycles. The van der Waals surface area contributed by atoms with Gasteiger partial charge in [-0.05, 0) is 41.8 Å². The summed E-state index contributed by atoms with van der Waals surface area (Å²) in [5.74, 6) is -0.287. The molecule has 0 spiro atoms. The molecule has 0 aliphatic carbocycles. The first-order valence-corrected chi connectivity index (χ1v) is 9.99. The number of esters is 1. The number of nitrogens with one attached hydrogen (secondary N) is 1. The minimum atomic E-state index is -0.287. The van der Waals surface area contributed by atoms with Crippen molar-refractivity contribution in [3.63, 3.8) is 0 Å². The average molecular weight is 428 g/mol. The molecule has 0 bridgehead atoms. The van der Waals surface area contributed by atoms with Crippen LogP contribution in [0.25, 0.3) is 5.69 Å². The Kier molecular flexibility index (Phi) is 6.79. The summed E-state index contributed by atoms with van der Waals surface area (Å²) in [4.78, 5) is 12.4. The van der Waals surface area contributed by atoms with Gasteiger partial charge in [0, 0.05) is 25.4 Å². The van der Waals surface area contributed by atoms with Crippen molar-refractivity contribution in [3.05, 3.63) is 83.2 Å². The van der Waals surface area contributed by atoms with Crippen LogP contribution in [-0.4, -0.2) is 27.8 Å². The lowest BCUT2D eigenvalue weighted by Crippen LogP contribution is -2.15. The lowest BCUT2D eigenvalue weighted by atomic mass is 9.94. The van der Waals surface area contributed by atoms with Crippen molar-refractivity contribution in [2.75, 3.05) is 12.1 Å². The van der Waals surface area contributed by atoms with Crippen LogP contribution >= 0.6 is 15.9 Å². The van der Waals surface area contributed by atoms with Crippen molar-refractivity contribution in [2.45, 2.75) is 19.9 Å². The van der Waals surface area contributed by atoms with Gasteiger partial charge in [-0.1, -0.05) is 46.3 Å². The highest BCUT2D eigenvalue weighted by molar-refractivity contribution is 9.09. The maximum atomic E-state index is 12.4. The average Bonchev–Trinajstić information content (AvgIpc) is 3.22. The number of carbonyl (C=O) groups excluding carboxylic acids is 1. The van der Waals surface area contributed by atoms with Crippen LogP contribution in [0.2, 0.25) is 0 Å². The van der Waals surface area contributed by atoms with E-state index in [1.165, 1.54) is 5.56 Å². The maximum Gasteiger partial charge on any atom is 0.338 e. The van der Waals surface area contributed by atoms with E-state index in [1.54, 1.807) is 6.20 Å². The Hall–Kier alpha value is -2.44. The lowest BCUT2D eigenvalue weighted by Gasteiger charge is -2.17. The van der Waals surface area contributed by atoms with Crippen LogP contribution in [0.3, 0.4) is 0 Å². The molecule has 6 heteroatoms. The molecule has 1 aromatic heterocycles. The summed E-state index contributed by atoms with van der Waals surface area (Å²) in [7, 11) is 0. The van der Waals surface area contributed by atoms with Crippen molar-refractivity contribution in [1.82, 2.24) is 15.1 Å². The molecule has 0 atom stereocenters. The van der Waals surface area contributed by atoms with Gasteiger partial charge in [0.25, 0.3) is 0 Å². The van der Waals surface area contributed by atoms with Crippen molar-refractivity contribution in [1.29, 1.82) is 0 Å². The summed E-state index contributed by atoms with van der Waals surface area (Å²) >= 11 is 3.41. The molecule has 0 amide bonds. The molecule has 3 rings (SSSR count). The van der Waals surface area contributed by atoms with Gasteiger partial charge in [0.1, 0.15) is 0 Å². The number of aromatic nitrogens is 2. The van der Waals surface area contributed by atoms with Crippen LogP contribution in [0.4, 0.5) is 0 Å². The minimum Gasteiger partial charge on any atom is -0.462 e. The Morgan fingerprint density at radius 2 is 1.96 bits per heavy atom. The van der Waals surface area contributed by atoms with Crippen LogP contribution in [-0.2, 0) is 17.7 Å². The van der Waals surface area contributed by atoms with Crippen molar-refractivity contribution in [3.8, 4) is 5.69 Å². The SMILES string of the molecule is CCOC(=O)c1ccccc1Cc1c(CNCBr)cccc1-n1cccn1. The number of benzene rings is 2. The van der Waals surface area contributed by atoms with Crippen LogP contribution in [0.5, 0.6) is 0 Å². The maximum absolute atomic E-state index is 12.4. The summed E-state index contributed by atoms with van der Waals surface area (Å²) in [6.45, 7) is 2.90. The normalized spacial score (nSPS) is 10.7. The predicted octanol–water partition coefficient (Wildman–Crippen LogP) is 4.08. The summed E-state index contributed by atoms with van der Waals surface area (Å²) in [6.07, 6.45) is 4.31. The molecule has 1 N–H and O–H groups in total. The molecule has 140 valence electrons. The van der Waals surface area contributed by atoms with Crippen LogP contribution in [0, 0.1) is 0 Å². The molecule has 0 unspecified atom stereocenters. The standard InChI is InChI=1S/C21H22BrN3O2/c1-2-27-21(26)18-9-4-3-7-16(18)13-19-17(14-23-15-22)8-5-10-20(19)25-12-6-11-24-25/h3-12,23H,2,13-15H2,1H3. The Balaban J connectivity index is 2.05. The number of halogens is 1. The summed E-state index contributed by atoms with van der Waals surface area (Å²) in [5, 5.41) is 7.71. The first kappa shape index (κ1) is 19.3. The number of nitrogens with zero attached hydrogens (tertiary/aromatic N) is 2. The number of alkyl halides is 1. The highest BCUT2D eigenvalue weighted by Crippen LogP contribution is 2.24. The van der Waals surface area contributed by atoms with Gasteiger partial charge in [-0.3, -0.25) is 0 Å². The molecule has 27 heavy (non-hydrogen) atoms. The Morgan fingerprint density at radius 1 is 1.15 bits per heavy atom. The van der Waals surface area contributed by atoms with Gasteiger partial charge in [0.15, 0.2) is 0 Å². The fraction of sp³-hybridized carbons (Fsp3) is 0.238. The molecule has 0 aliphatic rings. The molecule has 0 saturated carbocycles. The summed E-state index contributed by atoms with van der Waals surface area (Å²) in [6, 6.07) is 15.7. The van der Waals surface area contributed by atoms with Crippen molar-refractivity contribution >= 4 is 21.9 Å². The molecule has 0 saturated heterocycles. The van der Waals surface area contributed by atoms with E-state index in [4.69, 9.17) is 4.74 Å². The van der Waals surface area contributed by atoms with E-state index >= 15 is 0 Å². The third-order valence-corrected chi connectivity index (χ3v) is 4.69. The quantitative estimate of drug-likeness (QED) is 0.334. The van der Waals surface area contributed by atoms with E-state index in [9.17, 15) is 4.79 Å². The van der Waals surface area contributed by atoms with Gasteiger partial charge in [0.2, 0.25) is 0 Å². The van der Waals surface area contributed by atoms with Gasteiger partial charge in [-0.15, -0.1) is 0 Å². The molecule has 1 heterocycles. The smallest absolute Gasteiger partial charge is 0.338 e. The molecule has 0 radical (unpaired) electrons. The van der Waals surface area contributed by atoms with E-state index in [0.29, 0.717) is 24.0 Å². The molecular weight excluding hydrogens is 406 g/mol. The van der Waals surface area contributed by atoms with E-state index in [2.05, 4.69) is 32.4 Å². The third kappa shape index (κ3) is 4.64. The highest BCUT2D eigenvalue weighted by Gasteiger charge is 2.16. The van der Waals surface area contributed by atoms with Crippen molar-refractivity contribution in [2.24, 2.45) is 0 Å². The van der Waals surface area contributed by atoms with E-state index < -0.39 is 0 Å². The van der Waals surface area contributed by atoms with Crippen LogP contribution < -0.4 is 5.32 Å². The van der Waals surface area contributed by atoms with Gasteiger partial charge in [-0.25, -0.2) is 9.48 Å². The second kappa shape index (κ2) is 9.48. The number of hydrogen-bond acceptors (Lipinski definition) is 4. The number of carbonyl (C=O) groups is 1. The van der Waals surface area contributed by atoms with Crippen molar-refractivity contribution < 1.29 is 9.53 Å². The Bertz CT molecular complexity index is 894. The highest BCUT2D eigenvalue weighted by atomic mass is 79.9. The van der Waals surface area contributed by atoms with Gasteiger partial charge in [-0.2, -0.15) is 5.10 Å². The first-order valence-electron chi connectivity index (χ1n) is 8.87. The topological polar surface area (TPSA) is 56.1 Å². The number of hydrogen-bond donors (Lipinski definition) is 1. The fourth-order valence-electron chi connectivity index (χ4n) is 3.07. The predicted molar refractivity (Wildman–Crippen MR) is 109 cm³/mol. The third-order valence-electron chi connectivity index (χ3n) is 4.29. The van der Waals surface area contributed by atoms with Gasteiger partial charge >= 0.3 is 5.97 Å². The van der Waals surface area contributed by atoms with Gasteiger partial charge in [0.05, 0.1) is 23.3 Å². The number of ether oxygens (including phenoxy) is 1. The molecule has 0 aliphatic heterocycles. The minimum absolute atomic E-state index is 0.287. The summed E-state index contributed by atoms with van der Waals surface area (Å²) in [5.41, 5.74) is 5.56. The zero-order valence-corrected chi connectivity index (χ0v) is 16.8. The van der Waals surface area contributed by atoms with E-state index in [1.807, 2.05) is 60.3 Å². The van der Waals surface area contributed by atoms with Crippen LogP contribution in [0.15, 0.2) is 60.9 Å². The Labute approximate surface area is 167 Å². The number of rotatable bonds is 8. The van der Waals surface area contributed by atoms with Gasteiger partial charge < -0.3 is 10.1 Å². The zero-order valence-electron chi connectivity index (χ0n) is 15.2. The van der Waals surface area contributed by atoms with E-state index in [-0.39, 0.29) is 5.97 Å². The Morgan fingerprint density at radius 3 is 2.70 bits per heavy atom. The second-order valence-corrected chi connectivity index (χ2v) is 6.54. The van der Waals surface area contributed by atoms with E-state index in [0.717, 1.165) is 23.4 Å². The molecular formula is C21H22BrN3O2. The molecule has 3 aromatic rings. The summed E-state index contributed by atoms with van der Waals surface area (Å²) < 4.78 is 7.09.